The van der Waals surface area contributed by atoms with E-state index in [1.54, 1.807) is 0 Å². The summed E-state index contributed by atoms with van der Waals surface area (Å²) < 4.78 is 0. The van der Waals surface area contributed by atoms with Crippen molar-refractivity contribution in [2.75, 3.05) is 32.8 Å². The van der Waals surface area contributed by atoms with Crippen LogP contribution in [0.5, 0.6) is 0 Å². The Morgan fingerprint density at radius 3 is 2.71 bits per heavy atom. The van der Waals surface area contributed by atoms with Crippen LogP contribution in [0.3, 0.4) is 0 Å². The van der Waals surface area contributed by atoms with E-state index in [4.69, 9.17) is 5.11 Å². The third-order valence-corrected chi connectivity index (χ3v) is 4.47. The summed E-state index contributed by atoms with van der Waals surface area (Å²) in [5, 5.41) is 9.12. The van der Waals surface area contributed by atoms with E-state index in [-0.39, 0.29) is 6.61 Å². The highest BCUT2D eigenvalue weighted by Gasteiger charge is 2.22. The highest BCUT2D eigenvalue weighted by molar-refractivity contribution is 5.14. The zero-order valence-electron chi connectivity index (χ0n) is 13.5. The molecular weight excluding hydrogens is 260 g/mol. The molecule has 1 unspecified atom stereocenters. The summed E-state index contributed by atoms with van der Waals surface area (Å²) in [5.74, 6) is 0.733. The number of hydrogen-bond acceptors (Lipinski definition) is 3. The van der Waals surface area contributed by atoms with Crippen LogP contribution in [-0.4, -0.2) is 53.7 Å². The number of piperidine rings is 1. The van der Waals surface area contributed by atoms with Gasteiger partial charge >= 0.3 is 0 Å². The lowest BCUT2D eigenvalue weighted by atomic mass is 9.96. The number of benzene rings is 1. The van der Waals surface area contributed by atoms with Crippen LogP contribution < -0.4 is 0 Å². The van der Waals surface area contributed by atoms with Gasteiger partial charge in [-0.05, 0) is 44.7 Å². The van der Waals surface area contributed by atoms with Gasteiger partial charge in [-0.1, -0.05) is 30.3 Å². The van der Waals surface area contributed by atoms with Gasteiger partial charge in [-0.25, -0.2) is 0 Å². The number of aliphatic hydroxyl groups excluding tert-OH is 1. The Balaban J connectivity index is 1.90. The van der Waals surface area contributed by atoms with Crippen LogP contribution in [-0.2, 0) is 6.54 Å². The number of rotatable bonds is 7. The molecule has 0 radical (unpaired) electrons. The van der Waals surface area contributed by atoms with Gasteiger partial charge in [0.1, 0.15) is 0 Å². The second-order valence-corrected chi connectivity index (χ2v) is 6.54. The van der Waals surface area contributed by atoms with E-state index in [1.165, 1.54) is 18.4 Å². The van der Waals surface area contributed by atoms with Gasteiger partial charge in [0.05, 0.1) is 6.61 Å². The van der Waals surface area contributed by atoms with Gasteiger partial charge < -0.3 is 10.0 Å². The molecule has 1 atom stereocenters. The SMILES string of the molecule is CC(C)N(Cc1ccccc1)CC1CCCN(CCO)C1. The first-order valence-electron chi connectivity index (χ1n) is 8.30. The number of nitrogens with zero attached hydrogens (tertiary/aromatic N) is 2. The van der Waals surface area contributed by atoms with Crippen molar-refractivity contribution in [3.05, 3.63) is 35.9 Å². The molecule has 1 aromatic rings. The van der Waals surface area contributed by atoms with Gasteiger partial charge in [0, 0.05) is 32.2 Å². The molecule has 1 aliphatic rings. The summed E-state index contributed by atoms with van der Waals surface area (Å²) in [5.41, 5.74) is 1.40. The van der Waals surface area contributed by atoms with E-state index in [2.05, 4.69) is 54.0 Å². The highest BCUT2D eigenvalue weighted by Crippen LogP contribution is 2.19. The maximum absolute atomic E-state index is 9.12. The molecule has 1 heterocycles. The van der Waals surface area contributed by atoms with Crippen LogP contribution in [0.2, 0.25) is 0 Å². The quantitative estimate of drug-likeness (QED) is 0.836. The van der Waals surface area contributed by atoms with Gasteiger partial charge in [0.15, 0.2) is 0 Å². The molecule has 1 fully saturated rings. The molecule has 0 saturated carbocycles. The molecule has 0 bridgehead atoms. The maximum atomic E-state index is 9.12. The standard InChI is InChI=1S/C18H30N2O/c1-16(2)20(14-17-7-4-3-5-8-17)15-18-9-6-10-19(13-18)11-12-21/h3-5,7-8,16,18,21H,6,9-15H2,1-2H3. The smallest absolute Gasteiger partial charge is 0.0558 e. The van der Waals surface area contributed by atoms with Crippen molar-refractivity contribution in [2.45, 2.75) is 39.3 Å². The lowest BCUT2D eigenvalue weighted by Crippen LogP contribution is -2.43. The first-order chi connectivity index (χ1) is 10.2. The number of likely N-dealkylation sites (tertiary alicyclic amines) is 1. The number of aliphatic hydroxyl groups is 1. The lowest BCUT2D eigenvalue weighted by molar-refractivity contribution is 0.0997. The van der Waals surface area contributed by atoms with Crippen molar-refractivity contribution in [3.8, 4) is 0 Å². The van der Waals surface area contributed by atoms with E-state index in [1.807, 2.05) is 0 Å². The normalized spacial score (nSPS) is 20.3. The Hall–Kier alpha value is -0.900. The molecule has 0 amide bonds. The van der Waals surface area contributed by atoms with E-state index in [0.29, 0.717) is 6.04 Å². The molecule has 0 spiro atoms. The Morgan fingerprint density at radius 2 is 2.05 bits per heavy atom. The van der Waals surface area contributed by atoms with Gasteiger partial charge in [-0.3, -0.25) is 4.90 Å². The fourth-order valence-electron chi connectivity index (χ4n) is 3.25. The summed E-state index contributed by atoms with van der Waals surface area (Å²) in [7, 11) is 0. The summed E-state index contributed by atoms with van der Waals surface area (Å²) in [6, 6.07) is 11.3. The third-order valence-electron chi connectivity index (χ3n) is 4.47. The van der Waals surface area contributed by atoms with Crippen LogP contribution in [0.25, 0.3) is 0 Å². The molecule has 1 N–H and O–H groups in total. The summed E-state index contributed by atoms with van der Waals surface area (Å²) in [4.78, 5) is 5.00. The van der Waals surface area contributed by atoms with Crippen molar-refractivity contribution < 1.29 is 5.11 Å². The Morgan fingerprint density at radius 1 is 1.29 bits per heavy atom. The molecule has 1 aromatic carbocycles. The van der Waals surface area contributed by atoms with Crippen molar-refractivity contribution in [1.29, 1.82) is 0 Å². The molecule has 118 valence electrons. The molecule has 2 rings (SSSR count). The first kappa shape index (κ1) is 16.5. The predicted molar refractivity (Wildman–Crippen MR) is 88.2 cm³/mol. The van der Waals surface area contributed by atoms with Gasteiger partial charge in [-0.15, -0.1) is 0 Å². The molecule has 3 nitrogen and oxygen atoms in total. The minimum Gasteiger partial charge on any atom is -0.395 e. The fraction of sp³-hybridized carbons (Fsp3) is 0.667. The predicted octanol–water partition coefficient (Wildman–Crippen LogP) is 2.60. The van der Waals surface area contributed by atoms with Crippen molar-refractivity contribution in [1.82, 2.24) is 9.80 Å². The Bertz CT molecular complexity index is 391. The van der Waals surface area contributed by atoms with Crippen LogP contribution in [0.15, 0.2) is 30.3 Å². The second kappa shape index (κ2) is 8.52. The zero-order valence-corrected chi connectivity index (χ0v) is 13.5. The van der Waals surface area contributed by atoms with Crippen LogP contribution in [0, 0.1) is 5.92 Å². The molecule has 0 aromatic heterocycles. The first-order valence-corrected chi connectivity index (χ1v) is 8.30. The fourth-order valence-corrected chi connectivity index (χ4v) is 3.25. The van der Waals surface area contributed by atoms with Gasteiger partial charge in [-0.2, -0.15) is 0 Å². The highest BCUT2D eigenvalue weighted by atomic mass is 16.3. The molecule has 21 heavy (non-hydrogen) atoms. The topological polar surface area (TPSA) is 26.7 Å². The summed E-state index contributed by atoms with van der Waals surface area (Å²) in [6.45, 7) is 10.2. The molecule has 1 aliphatic heterocycles. The zero-order chi connectivity index (χ0) is 15.1. The van der Waals surface area contributed by atoms with Crippen molar-refractivity contribution in [2.24, 2.45) is 5.92 Å². The maximum Gasteiger partial charge on any atom is 0.0558 e. The molecule has 1 saturated heterocycles. The number of hydrogen-bond donors (Lipinski definition) is 1. The molecule has 0 aliphatic carbocycles. The molecular formula is C18H30N2O. The average Bonchev–Trinajstić information content (AvgIpc) is 2.48. The van der Waals surface area contributed by atoms with Crippen LogP contribution >= 0.6 is 0 Å². The van der Waals surface area contributed by atoms with Crippen LogP contribution in [0.1, 0.15) is 32.3 Å². The van der Waals surface area contributed by atoms with E-state index < -0.39 is 0 Å². The second-order valence-electron chi connectivity index (χ2n) is 6.54. The van der Waals surface area contributed by atoms with Crippen LogP contribution in [0.4, 0.5) is 0 Å². The summed E-state index contributed by atoms with van der Waals surface area (Å²) in [6.07, 6.45) is 2.59. The monoisotopic (exact) mass is 290 g/mol. The van der Waals surface area contributed by atoms with E-state index >= 15 is 0 Å². The molecule has 3 heteroatoms. The summed E-state index contributed by atoms with van der Waals surface area (Å²) >= 11 is 0. The third kappa shape index (κ3) is 5.42. The lowest BCUT2D eigenvalue weighted by Gasteiger charge is -2.37. The van der Waals surface area contributed by atoms with E-state index in [0.717, 1.165) is 38.6 Å². The number of β-amino-alcohol motifs (C(OH)–C–C–N with tert-alkyl or cyclic N) is 1. The largest absolute Gasteiger partial charge is 0.395 e. The van der Waals surface area contributed by atoms with Gasteiger partial charge in [0.2, 0.25) is 0 Å². The average molecular weight is 290 g/mol. The Kier molecular flexibility index (Phi) is 6.68. The van der Waals surface area contributed by atoms with Gasteiger partial charge in [0.25, 0.3) is 0 Å². The minimum absolute atomic E-state index is 0.282. The Labute approximate surface area is 129 Å². The van der Waals surface area contributed by atoms with Crippen molar-refractivity contribution >= 4 is 0 Å². The minimum atomic E-state index is 0.282. The van der Waals surface area contributed by atoms with Crippen molar-refractivity contribution in [3.63, 3.8) is 0 Å². The van der Waals surface area contributed by atoms with E-state index in [9.17, 15) is 0 Å².